The third kappa shape index (κ3) is 8.02. The van der Waals surface area contributed by atoms with Crippen molar-refractivity contribution in [1.29, 1.82) is 0 Å². The van der Waals surface area contributed by atoms with E-state index in [4.69, 9.17) is 9.40 Å². The van der Waals surface area contributed by atoms with Crippen LogP contribution < -0.4 is 9.21 Å². The van der Waals surface area contributed by atoms with Crippen molar-refractivity contribution in [3.8, 4) is 11.3 Å². The molecule has 272 valence electrons. The zero-order valence-corrected chi connectivity index (χ0v) is 30.4. The van der Waals surface area contributed by atoms with Crippen molar-refractivity contribution in [3.63, 3.8) is 0 Å². The molecule has 2 heterocycles. The Labute approximate surface area is 315 Å². The Morgan fingerprint density at radius 2 is 1.50 bits per heavy atom. The summed E-state index contributed by atoms with van der Waals surface area (Å²) in [5.41, 5.74) is 5.17. The minimum absolute atomic E-state index is 0.145. The Kier molecular flexibility index (Phi) is 10.5. The van der Waals surface area contributed by atoms with Gasteiger partial charge < -0.3 is 14.4 Å². The van der Waals surface area contributed by atoms with Gasteiger partial charge in [-0.1, -0.05) is 97.1 Å². The summed E-state index contributed by atoms with van der Waals surface area (Å²) in [6.07, 6.45) is 1.88. The number of hydrogen-bond acceptors (Lipinski definition) is 9. The number of aliphatic carboxylic acids is 1. The number of carboxylic acid groups (broad SMARTS) is 1. The summed E-state index contributed by atoms with van der Waals surface area (Å²) in [5, 5.41) is 24.7. The highest BCUT2D eigenvalue weighted by atomic mass is 32.2. The normalized spacial score (nSPS) is 11.4. The highest BCUT2D eigenvalue weighted by Crippen LogP contribution is 2.35. The number of para-hydroxylation sites is 1. The summed E-state index contributed by atoms with van der Waals surface area (Å²) in [6, 6.07) is 37.7. The van der Waals surface area contributed by atoms with Gasteiger partial charge in [-0.05, 0) is 41.3 Å². The van der Waals surface area contributed by atoms with Crippen LogP contribution in [0.2, 0.25) is 0 Å². The standard InChI is InChI=1S/C41H34N4O7S2/c46-40(47)23-33-27-52-38-24-34(19-20-35(33)38)44(54(50,51)39-14-8-7-13-37(39)45(48)49)26-31-17-15-30(16-18-31)25-43(22-21-29-9-3-1-4-10-29)41-42-36(28-53-41)32-11-5-2-6-12-32/h1-20,24,27-28H,21-23,25-26H2,(H,46,47). The van der Waals surface area contributed by atoms with Crippen LogP contribution in [0.3, 0.4) is 0 Å². The van der Waals surface area contributed by atoms with Crippen molar-refractivity contribution in [2.24, 2.45) is 0 Å². The maximum absolute atomic E-state index is 14.3. The van der Waals surface area contributed by atoms with Crippen molar-refractivity contribution in [3.05, 3.63) is 171 Å². The van der Waals surface area contributed by atoms with E-state index in [1.807, 2.05) is 72.8 Å². The third-order valence-corrected chi connectivity index (χ3v) is 11.7. The van der Waals surface area contributed by atoms with Crippen LogP contribution in [-0.4, -0.2) is 35.9 Å². The molecule has 0 aliphatic heterocycles. The minimum atomic E-state index is -4.49. The number of carbonyl (C=O) groups is 1. The quantitative estimate of drug-likeness (QED) is 0.0801. The molecule has 1 N–H and O–H groups in total. The molecule has 0 radical (unpaired) electrons. The van der Waals surface area contributed by atoms with E-state index in [1.165, 1.54) is 36.1 Å². The average molecular weight is 759 g/mol. The maximum Gasteiger partial charge on any atom is 0.307 e. The Morgan fingerprint density at radius 3 is 2.20 bits per heavy atom. The van der Waals surface area contributed by atoms with Crippen LogP contribution in [0.4, 0.5) is 16.5 Å². The number of aromatic nitrogens is 1. The number of nitro benzene ring substituents is 1. The number of hydrogen-bond donors (Lipinski definition) is 1. The van der Waals surface area contributed by atoms with Crippen molar-refractivity contribution in [2.75, 3.05) is 15.7 Å². The first-order chi connectivity index (χ1) is 26.2. The Morgan fingerprint density at radius 1 is 0.833 bits per heavy atom. The fraction of sp³-hybridized carbons (Fsp3) is 0.122. The van der Waals surface area contributed by atoms with Crippen LogP contribution in [0.5, 0.6) is 0 Å². The van der Waals surface area contributed by atoms with E-state index in [0.29, 0.717) is 23.1 Å². The largest absolute Gasteiger partial charge is 0.481 e. The van der Waals surface area contributed by atoms with Crippen LogP contribution >= 0.6 is 11.3 Å². The van der Waals surface area contributed by atoms with E-state index in [-0.39, 0.29) is 24.2 Å². The van der Waals surface area contributed by atoms with E-state index in [1.54, 1.807) is 23.5 Å². The number of nitro groups is 1. The monoisotopic (exact) mass is 758 g/mol. The van der Waals surface area contributed by atoms with Crippen molar-refractivity contribution < 1.29 is 27.7 Å². The molecular formula is C41H34N4O7S2. The number of fused-ring (bicyclic) bond motifs is 1. The molecule has 0 amide bonds. The maximum atomic E-state index is 14.3. The zero-order valence-electron chi connectivity index (χ0n) is 28.8. The Hall–Kier alpha value is -6.31. The number of benzene rings is 5. The lowest BCUT2D eigenvalue weighted by atomic mass is 10.1. The number of furan rings is 1. The van der Waals surface area contributed by atoms with Gasteiger partial charge in [0.25, 0.3) is 15.7 Å². The van der Waals surface area contributed by atoms with E-state index >= 15 is 0 Å². The van der Waals surface area contributed by atoms with Crippen LogP contribution in [0.25, 0.3) is 22.2 Å². The lowest BCUT2D eigenvalue weighted by Crippen LogP contribution is -2.31. The number of carboxylic acids is 1. The molecule has 0 fully saturated rings. The Balaban J connectivity index is 1.19. The molecule has 13 heteroatoms. The molecule has 0 saturated carbocycles. The minimum Gasteiger partial charge on any atom is -0.481 e. The lowest BCUT2D eigenvalue weighted by Gasteiger charge is -2.25. The molecule has 7 rings (SSSR count). The van der Waals surface area contributed by atoms with Crippen LogP contribution in [-0.2, 0) is 40.7 Å². The predicted octanol–water partition coefficient (Wildman–Crippen LogP) is 8.74. The average Bonchev–Trinajstić information content (AvgIpc) is 3.84. The number of nitrogens with zero attached hydrogens (tertiary/aromatic N) is 4. The summed E-state index contributed by atoms with van der Waals surface area (Å²) >= 11 is 1.58. The number of rotatable bonds is 15. The summed E-state index contributed by atoms with van der Waals surface area (Å²) in [5.74, 6) is -1.03. The molecule has 7 aromatic rings. The van der Waals surface area contributed by atoms with E-state index < -0.39 is 31.5 Å². The molecule has 11 nitrogen and oxygen atoms in total. The molecule has 0 spiro atoms. The number of anilines is 2. The van der Waals surface area contributed by atoms with E-state index in [9.17, 15) is 28.4 Å². The topological polar surface area (TPSA) is 147 Å². The summed E-state index contributed by atoms with van der Waals surface area (Å²) in [6.45, 7) is 1.13. The van der Waals surface area contributed by atoms with Gasteiger partial charge >= 0.3 is 5.97 Å². The molecule has 0 atom stereocenters. The molecule has 0 bridgehead atoms. The third-order valence-electron chi connectivity index (χ3n) is 8.97. The summed E-state index contributed by atoms with van der Waals surface area (Å²) in [7, 11) is -4.49. The van der Waals surface area contributed by atoms with Crippen molar-refractivity contribution in [2.45, 2.75) is 30.8 Å². The molecule has 5 aromatic carbocycles. The summed E-state index contributed by atoms with van der Waals surface area (Å²) in [4.78, 5) is 29.4. The molecular weight excluding hydrogens is 725 g/mol. The van der Waals surface area contributed by atoms with Gasteiger partial charge in [0.05, 0.1) is 35.5 Å². The zero-order chi connectivity index (χ0) is 37.7. The second-order valence-electron chi connectivity index (χ2n) is 12.6. The van der Waals surface area contributed by atoms with Gasteiger partial charge in [0.1, 0.15) is 5.58 Å². The second kappa shape index (κ2) is 15.7. The lowest BCUT2D eigenvalue weighted by molar-refractivity contribution is -0.387. The van der Waals surface area contributed by atoms with E-state index in [2.05, 4.69) is 22.4 Å². The molecule has 2 aromatic heterocycles. The highest BCUT2D eigenvalue weighted by Gasteiger charge is 2.32. The van der Waals surface area contributed by atoms with Crippen LogP contribution in [0, 0.1) is 10.1 Å². The van der Waals surface area contributed by atoms with Gasteiger partial charge in [-0.3, -0.25) is 19.2 Å². The van der Waals surface area contributed by atoms with Gasteiger partial charge in [0.2, 0.25) is 0 Å². The molecule has 0 saturated heterocycles. The smallest absolute Gasteiger partial charge is 0.307 e. The first-order valence-corrected chi connectivity index (χ1v) is 19.3. The number of thiazole rings is 1. The van der Waals surface area contributed by atoms with Gasteiger partial charge in [0.15, 0.2) is 10.0 Å². The van der Waals surface area contributed by atoms with Crippen molar-refractivity contribution >= 4 is 54.8 Å². The van der Waals surface area contributed by atoms with Gasteiger partial charge in [-0.15, -0.1) is 11.3 Å². The SMILES string of the molecule is O=C(O)Cc1coc2cc(N(Cc3ccc(CN(CCc4ccccc4)c4nc(-c5ccccc5)cs4)cc3)S(=O)(=O)c3ccccc3[N+](=O)[O-])ccc12. The first kappa shape index (κ1) is 36.1. The second-order valence-corrected chi connectivity index (χ2v) is 15.3. The molecule has 0 unspecified atom stereocenters. The van der Waals surface area contributed by atoms with Gasteiger partial charge in [0, 0.05) is 47.1 Å². The molecule has 54 heavy (non-hydrogen) atoms. The van der Waals surface area contributed by atoms with Gasteiger partial charge in [-0.2, -0.15) is 0 Å². The van der Waals surface area contributed by atoms with Crippen molar-refractivity contribution in [1.82, 2.24) is 4.98 Å². The molecule has 0 aliphatic rings. The van der Waals surface area contributed by atoms with E-state index in [0.717, 1.165) is 45.3 Å². The first-order valence-electron chi connectivity index (χ1n) is 17.0. The molecule has 0 aliphatic carbocycles. The fourth-order valence-corrected chi connectivity index (χ4v) is 8.69. The highest BCUT2D eigenvalue weighted by molar-refractivity contribution is 7.93. The Bertz CT molecular complexity index is 2520. The van der Waals surface area contributed by atoms with Gasteiger partial charge in [-0.25, -0.2) is 13.4 Å². The fourth-order valence-electron chi connectivity index (χ4n) is 6.23. The number of sulfonamides is 1. The predicted molar refractivity (Wildman–Crippen MR) is 209 cm³/mol. The van der Waals surface area contributed by atoms with Crippen LogP contribution in [0.15, 0.2) is 148 Å². The van der Waals surface area contributed by atoms with Crippen LogP contribution in [0.1, 0.15) is 22.3 Å². The summed E-state index contributed by atoms with van der Waals surface area (Å²) < 4.78 is 35.4.